The van der Waals surface area contributed by atoms with E-state index in [1.165, 1.54) is 32.1 Å². The monoisotopic (exact) mass is 242 g/mol. The maximum absolute atomic E-state index is 11.4. The number of urea groups is 1. The fourth-order valence-corrected chi connectivity index (χ4v) is 2.31. The van der Waals surface area contributed by atoms with Gasteiger partial charge in [-0.05, 0) is 38.0 Å². The normalized spacial score (nSPS) is 16.8. The van der Waals surface area contributed by atoms with Crippen LogP contribution in [0.4, 0.5) is 4.79 Å². The molecule has 1 fully saturated rings. The lowest BCUT2D eigenvalue weighted by Gasteiger charge is -2.21. The maximum atomic E-state index is 11.4. The molecule has 0 spiro atoms. The van der Waals surface area contributed by atoms with E-state index in [2.05, 4.69) is 10.6 Å². The van der Waals surface area contributed by atoms with Crippen LogP contribution in [0.1, 0.15) is 51.4 Å². The minimum absolute atomic E-state index is 0.0421. The molecule has 0 unspecified atom stereocenters. The maximum Gasteiger partial charge on any atom is 0.314 e. The molecule has 0 aliphatic heterocycles. The molecule has 1 aliphatic carbocycles. The Balaban J connectivity index is 1.93. The van der Waals surface area contributed by atoms with Crippen LogP contribution in [0.25, 0.3) is 0 Å². The van der Waals surface area contributed by atoms with Crippen LogP contribution in [0.5, 0.6) is 0 Å². The second-order valence-electron chi connectivity index (χ2n) is 4.93. The summed E-state index contributed by atoms with van der Waals surface area (Å²) in [4.78, 5) is 11.4. The first kappa shape index (κ1) is 14.3. The van der Waals surface area contributed by atoms with E-state index >= 15 is 0 Å². The first-order valence-electron chi connectivity index (χ1n) is 6.95. The summed E-state index contributed by atoms with van der Waals surface area (Å²) in [5.74, 6) is 0.684. The van der Waals surface area contributed by atoms with Crippen molar-refractivity contribution in [2.24, 2.45) is 5.92 Å². The zero-order valence-corrected chi connectivity index (χ0v) is 10.7. The van der Waals surface area contributed by atoms with Crippen LogP contribution < -0.4 is 10.6 Å². The number of amides is 2. The number of unbranched alkanes of at least 4 members (excludes halogenated alkanes) is 2. The van der Waals surface area contributed by atoms with Gasteiger partial charge in [-0.15, -0.1) is 0 Å². The van der Waals surface area contributed by atoms with Gasteiger partial charge in [0, 0.05) is 19.7 Å². The van der Waals surface area contributed by atoms with Gasteiger partial charge >= 0.3 is 6.03 Å². The van der Waals surface area contributed by atoms with Gasteiger partial charge in [-0.1, -0.05) is 19.3 Å². The van der Waals surface area contributed by atoms with E-state index in [0.29, 0.717) is 12.5 Å². The first-order chi connectivity index (χ1) is 8.33. The summed E-state index contributed by atoms with van der Waals surface area (Å²) >= 11 is 0. The molecule has 0 heterocycles. The van der Waals surface area contributed by atoms with Gasteiger partial charge in [-0.2, -0.15) is 0 Å². The molecule has 0 aromatic rings. The minimum atomic E-state index is -0.0421. The summed E-state index contributed by atoms with van der Waals surface area (Å²) < 4.78 is 0. The number of nitrogens with one attached hydrogen (secondary N) is 2. The lowest BCUT2D eigenvalue weighted by Crippen LogP contribution is -2.39. The van der Waals surface area contributed by atoms with E-state index in [1.54, 1.807) is 0 Å². The van der Waals surface area contributed by atoms with Crippen LogP contribution in [-0.2, 0) is 0 Å². The van der Waals surface area contributed by atoms with E-state index < -0.39 is 0 Å². The second-order valence-corrected chi connectivity index (χ2v) is 4.93. The van der Waals surface area contributed by atoms with E-state index in [-0.39, 0.29) is 12.6 Å². The number of hydrogen-bond acceptors (Lipinski definition) is 2. The lowest BCUT2D eigenvalue weighted by molar-refractivity contribution is 0.235. The highest BCUT2D eigenvalue weighted by Crippen LogP contribution is 2.22. The van der Waals surface area contributed by atoms with Crippen LogP contribution >= 0.6 is 0 Å². The lowest BCUT2D eigenvalue weighted by atomic mass is 9.89. The molecule has 1 aliphatic rings. The van der Waals surface area contributed by atoms with Crippen molar-refractivity contribution in [1.29, 1.82) is 0 Å². The van der Waals surface area contributed by atoms with E-state index in [0.717, 1.165) is 25.8 Å². The van der Waals surface area contributed by atoms with Gasteiger partial charge < -0.3 is 15.7 Å². The highest BCUT2D eigenvalue weighted by molar-refractivity contribution is 5.73. The molecule has 0 bridgehead atoms. The molecule has 0 aromatic carbocycles. The summed E-state index contributed by atoms with van der Waals surface area (Å²) in [6.07, 6.45) is 9.24. The molecular formula is C13H26N2O2. The Morgan fingerprint density at radius 3 is 2.53 bits per heavy atom. The molecule has 4 heteroatoms. The number of aliphatic hydroxyl groups is 1. The average molecular weight is 242 g/mol. The SMILES string of the molecule is O=C(NCCCCCO)NCC1CCCCC1. The Kier molecular flexibility index (Phi) is 7.80. The average Bonchev–Trinajstić information content (AvgIpc) is 2.37. The predicted molar refractivity (Wildman–Crippen MR) is 68.9 cm³/mol. The number of carbonyl (C=O) groups excluding carboxylic acids is 1. The number of aliphatic hydroxyl groups excluding tert-OH is 1. The van der Waals surface area contributed by atoms with Crippen LogP contribution in [0.3, 0.4) is 0 Å². The van der Waals surface area contributed by atoms with Crippen molar-refractivity contribution in [2.45, 2.75) is 51.4 Å². The largest absolute Gasteiger partial charge is 0.396 e. The predicted octanol–water partition coefficient (Wildman–Crippen LogP) is 2.03. The fourth-order valence-electron chi connectivity index (χ4n) is 2.31. The van der Waals surface area contributed by atoms with Gasteiger partial charge in [0.15, 0.2) is 0 Å². The molecule has 2 amide bonds. The zero-order chi connectivity index (χ0) is 12.3. The van der Waals surface area contributed by atoms with E-state index in [4.69, 9.17) is 5.11 Å². The minimum Gasteiger partial charge on any atom is -0.396 e. The Morgan fingerprint density at radius 1 is 1.06 bits per heavy atom. The topological polar surface area (TPSA) is 61.4 Å². The summed E-state index contributed by atoms with van der Waals surface area (Å²) in [5, 5.41) is 14.4. The van der Waals surface area contributed by atoms with Crippen molar-refractivity contribution >= 4 is 6.03 Å². The smallest absolute Gasteiger partial charge is 0.314 e. The third-order valence-electron chi connectivity index (χ3n) is 3.40. The van der Waals surface area contributed by atoms with Crippen molar-refractivity contribution in [3.8, 4) is 0 Å². The summed E-state index contributed by atoms with van der Waals surface area (Å²) in [5.41, 5.74) is 0. The van der Waals surface area contributed by atoms with Gasteiger partial charge in [0.05, 0.1) is 0 Å². The molecule has 0 atom stereocenters. The Morgan fingerprint density at radius 2 is 1.82 bits per heavy atom. The highest BCUT2D eigenvalue weighted by Gasteiger charge is 2.13. The molecule has 1 rings (SSSR count). The summed E-state index contributed by atoms with van der Waals surface area (Å²) in [6.45, 7) is 1.77. The molecule has 0 radical (unpaired) electrons. The van der Waals surface area contributed by atoms with Gasteiger partial charge in [0.1, 0.15) is 0 Å². The quantitative estimate of drug-likeness (QED) is 0.598. The van der Waals surface area contributed by atoms with Crippen molar-refractivity contribution in [3.63, 3.8) is 0 Å². The van der Waals surface area contributed by atoms with Crippen LogP contribution in [0.15, 0.2) is 0 Å². The third kappa shape index (κ3) is 7.21. The van der Waals surface area contributed by atoms with Gasteiger partial charge in [0.2, 0.25) is 0 Å². The van der Waals surface area contributed by atoms with Gasteiger partial charge in [-0.25, -0.2) is 4.79 Å². The van der Waals surface area contributed by atoms with E-state index in [9.17, 15) is 4.79 Å². The summed E-state index contributed by atoms with van der Waals surface area (Å²) in [7, 11) is 0. The number of hydrogen-bond donors (Lipinski definition) is 3. The third-order valence-corrected chi connectivity index (χ3v) is 3.40. The molecule has 3 N–H and O–H groups in total. The fraction of sp³-hybridized carbons (Fsp3) is 0.923. The molecular weight excluding hydrogens is 216 g/mol. The zero-order valence-electron chi connectivity index (χ0n) is 10.7. The second kappa shape index (κ2) is 9.28. The Bertz CT molecular complexity index is 204. The van der Waals surface area contributed by atoms with Gasteiger partial charge in [0.25, 0.3) is 0 Å². The van der Waals surface area contributed by atoms with Crippen molar-refractivity contribution in [2.75, 3.05) is 19.7 Å². The molecule has 17 heavy (non-hydrogen) atoms. The van der Waals surface area contributed by atoms with E-state index in [1.807, 2.05) is 0 Å². The van der Waals surface area contributed by atoms with Crippen LogP contribution in [-0.4, -0.2) is 30.8 Å². The summed E-state index contributed by atoms with van der Waals surface area (Å²) in [6, 6.07) is -0.0421. The Hall–Kier alpha value is -0.770. The molecule has 0 saturated heterocycles. The van der Waals surface area contributed by atoms with Crippen molar-refractivity contribution < 1.29 is 9.90 Å². The molecule has 0 aromatic heterocycles. The highest BCUT2D eigenvalue weighted by atomic mass is 16.2. The molecule has 4 nitrogen and oxygen atoms in total. The first-order valence-corrected chi connectivity index (χ1v) is 6.95. The molecule has 100 valence electrons. The number of rotatable bonds is 7. The standard InChI is InChI=1S/C13H26N2O2/c16-10-6-2-5-9-14-13(17)15-11-12-7-3-1-4-8-12/h12,16H,1-11H2,(H2,14,15,17). The van der Waals surface area contributed by atoms with Crippen LogP contribution in [0, 0.1) is 5.92 Å². The number of carbonyl (C=O) groups is 1. The van der Waals surface area contributed by atoms with Crippen LogP contribution in [0.2, 0.25) is 0 Å². The molecule has 1 saturated carbocycles. The van der Waals surface area contributed by atoms with Crippen molar-refractivity contribution in [1.82, 2.24) is 10.6 Å². The Labute approximate surface area is 104 Å². The van der Waals surface area contributed by atoms with Crippen molar-refractivity contribution in [3.05, 3.63) is 0 Å². The van der Waals surface area contributed by atoms with Gasteiger partial charge in [-0.3, -0.25) is 0 Å².